The van der Waals surface area contributed by atoms with Crippen LogP contribution in [0.4, 0.5) is 0 Å². The second-order valence-electron chi connectivity index (χ2n) is 8.09. The predicted molar refractivity (Wildman–Crippen MR) is 139 cm³/mol. The SMILES string of the molecule is C1=CC2=NC1=CC1=NC(=CC3=NC(=CC4=NC(=C2)C=C4)C(c2csc4ccccc24)=C3)C=C1. The molecule has 33 heavy (non-hydrogen) atoms. The number of hydrogen-bond donors (Lipinski definition) is 0. The fourth-order valence-electron chi connectivity index (χ4n) is 4.30. The van der Waals surface area contributed by atoms with Gasteiger partial charge in [-0.3, -0.25) is 0 Å². The van der Waals surface area contributed by atoms with E-state index in [0.717, 1.165) is 51.2 Å². The Balaban J connectivity index is 1.41. The van der Waals surface area contributed by atoms with Gasteiger partial charge in [0.05, 0.1) is 45.6 Å². The molecule has 0 atom stereocenters. The molecule has 7 rings (SSSR count). The van der Waals surface area contributed by atoms with Gasteiger partial charge >= 0.3 is 0 Å². The van der Waals surface area contributed by atoms with Gasteiger partial charge in [-0.05, 0) is 78.3 Å². The molecule has 8 bridgehead atoms. The molecule has 4 nitrogen and oxygen atoms in total. The zero-order valence-electron chi connectivity index (χ0n) is 17.4. The van der Waals surface area contributed by atoms with Crippen LogP contribution in [-0.4, -0.2) is 22.8 Å². The van der Waals surface area contributed by atoms with Crippen molar-refractivity contribution in [3.05, 3.63) is 125 Å². The van der Waals surface area contributed by atoms with Gasteiger partial charge in [0.2, 0.25) is 0 Å². The minimum atomic E-state index is 0.880. The molecule has 154 valence electrons. The van der Waals surface area contributed by atoms with Gasteiger partial charge in [0.15, 0.2) is 0 Å². The molecule has 5 aliphatic rings. The third-order valence-electron chi connectivity index (χ3n) is 5.81. The van der Waals surface area contributed by atoms with Gasteiger partial charge < -0.3 is 0 Å². The lowest BCUT2D eigenvalue weighted by Gasteiger charge is -2.03. The molecule has 0 radical (unpaired) electrons. The van der Waals surface area contributed by atoms with Crippen molar-refractivity contribution in [2.24, 2.45) is 20.0 Å². The van der Waals surface area contributed by atoms with Gasteiger partial charge in [0.25, 0.3) is 0 Å². The monoisotopic (exact) mass is 440 g/mol. The molecule has 6 heterocycles. The van der Waals surface area contributed by atoms with Gasteiger partial charge in [-0.1, -0.05) is 18.2 Å². The Morgan fingerprint density at radius 3 is 1.85 bits per heavy atom. The van der Waals surface area contributed by atoms with Crippen LogP contribution in [0.1, 0.15) is 5.56 Å². The van der Waals surface area contributed by atoms with Crippen molar-refractivity contribution in [2.75, 3.05) is 0 Å². The summed E-state index contributed by atoms with van der Waals surface area (Å²) < 4.78 is 1.27. The van der Waals surface area contributed by atoms with Gasteiger partial charge in [-0.25, -0.2) is 20.0 Å². The van der Waals surface area contributed by atoms with Crippen LogP contribution in [0.2, 0.25) is 0 Å². The van der Waals surface area contributed by atoms with Crippen molar-refractivity contribution >= 4 is 49.8 Å². The highest BCUT2D eigenvalue weighted by atomic mass is 32.1. The topological polar surface area (TPSA) is 49.4 Å². The van der Waals surface area contributed by atoms with Gasteiger partial charge in [-0.2, -0.15) is 0 Å². The molecule has 0 amide bonds. The van der Waals surface area contributed by atoms with E-state index < -0.39 is 0 Å². The third kappa shape index (κ3) is 3.30. The average molecular weight is 441 g/mol. The second kappa shape index (κ2) is 7.15. The van der Waals surface area contributed by atoms with E-state index in [2.05, 4.69) is 46.8 Å². The molecule has 0 fully saturated rings. The molecular formula is C28H16N4S. The number of allylic oxidation sites excluding steroid dienone is 12. The van der Waals surface area contributed by atoms with Gasteiger partial charge in [0, 0.05) is 21.2 Å². The number of thiophene rings is 1. The molecular weight excluding hydrogens is 424 g/mol. The first-order valence-electron chi connectivity index (χ1n) is 10.7. The lowest BCUT2D eigenvalue weighted by atomic mass is 10.0. The molecule has 1 aromatic carbocycles. The molecule has 2 aromatic rings. The van der Waals surface area contributed by atoms with E-state index in [-0.39, 0.29) is 0 Å². The molecule has 1 aromatic heterocycles. The molecule has 0 spiro atoms. The summed E-state index contributed by atoms with van der Waals surface area (Å²) >= 11 is 1.76. The summed E-state index contributed by atoms with van der Waals surface area (Å²) in [5.74, 6) is 0. The first-order chi connectivity index (χ1) is 16.3. The number of nitrogens with zero attached hydrogens (tertiary/aromatic N) is 4. The zero-order valence-corrected chi connectivity index (χ0v) is 18.3. The fraction of sp³-hybridized carbons (Fsp3) is 0. The number of fused-ring (bicyclic) bond motifs is 5. The van der Waals surface area contributed by atoms with E-state index in [9.17, 15) is 0 Å². The van der Waals surface area contributed by atoms with E-state index in [1.165, 1.54) is 15.6 Å². The highest BCUT2D eigenvalue weighted by Gasteiger charge is 2.20. The maximum absolute atomic E-state index is 4.96. The first kappa shape index (κ1) is 18.4. The summed E-state index contributed by atoms with van der Waals surface area (Å²) in [6.45, 7) is 0. The van der Waals surface area contributed by atoms with Crippen LogP contribution in [-0.2, 0) is 0 Å². The highest BCUT2D eigenvalue weighted by molar-refractivity contribution is 7.17. The van der Waals surface area contributed by atoms with E-state index in [1.807, 2.05) is 54.7 Å². The van der Waals surface area contributed by atoms with Crippen LogP contribution >= 0.6 is 11.3 Å². The smallest absolute Gasteiger partial charge is 0.0738 e. The molecule has 0 unspecified atom stereocenters. The Morgan fingerprint density at radius 1 is 0.545 bits per heavy atom. The highest BCUT2D eigenvalue weighted by Crippen LogP contribution is 2.38. The van der Waals surface area contributed by atoms with E-state index >= 15 is 0 Å². The first-order valence-corrected chi connectivity index (χ1v) is 11.6. The van der Waals surface area contributed by atoms with Crippen LogP contribution in [0.5, 0.6) is 0 Å². The molecule has 0 aliphatic carbocycles. The van der Waals surface area contributed by atoms with E-state index in [0.29, 0.717) is 0 Å². The van der Waals surface area contributed by atoms with Crippen LogP contribution in [0.15, 0.2) is 139 Å². The van der Waals surface area contributed by atoms with E-state index in [1.54, 1.807) is 11.3 Å². The lowest BCUT2D eigenvalue weighted by Crippen LogP contribution is -1.90. The van der Waals surface area contributed by atoms with Gasteiger partial charge in [-0.15, -0.1) is 11.3 Å². The zero-order chi connectivity index (χ0) is 21.8. The van der Waals surface area contributed by atoms with Crippen LogP contribution in [0, 0.1) is 0 Å². The number of hydrogen-bond acceptors (Lipinski definition) is 5. The third-order valence-corrected chi connectivity index (χ3v) is 6.77. The summed E-state index contributed by atoms with van der Waals surface area (Å²) in [6.07, 6.45) is 22.3. The lowest BCUT2D eigenvalue weighted by molar-refractivity contribution is 1.41. The quantitative estimate of drug-likeness (QED) is 0.498. The van der Waals surface area contributed by atoms with Crippen molar-refractivity contribution in [1.82, 2.24) is 0 Å². The average Bonchev–Trinajstić information content (AvgIpc) is 3.62. The van der Waals surface area contributed by atoms with Crippen molar-refractivity contribution in [3.63, 3.8) is 0 Å². The second-order valence-corrected chi connectivity index (χ2v) is 9.00. The molecule has 5 aliphatic heterocycles. The van der Waals surface area contributed by atoms with Crippen LogP contribution < -0.4 is 0 Å². The Kier molecular flexibility index (Phi) is 3.98. The summed E-state index contributed by atoms with van der Waals surface area (Å²) in [5, 5.41) is 3.46. The van der Waals surface area contributed by atoms with Crippen molar-refractivity contribution in [2.45, 2.75) is 0 Å². The Morgan fingerprint density at radius 2 is 1.15 bits per heavy atom. The molecule has 0 N–H and O–H groups in total. The summed E-state index contributed by atoms with van der Waals surface area (Å²) in [4.78, 5) is 19.2. The number of rotatable bonds is 1. The normalized spacial score (nSPS) is 20.2. The van der Waals surface area contributed by atoms with Gasteiger partial charge in [0.1, 0.15) is 0 Å². The Bertz CT molecular complexity index is 1640. The minimum Gasteiger partial charge on any atom is -0.249 e. The van der Waals surface area contributed by atoms with Crippen molar-refractivity contribution in [1.29, 1.82) is 0 Å². The minimum absolute atomic E-state index is 0.880. The number of benzene rings is 1. The summed E-state index contributed by atoms with van der Waals surface area (Å²) in [5.41, 5.74) is 9.40. The van der Waals surface area contributed by atoms with E-state index in [4.69, 9.17) is 15.0 Å². The molecule has 0 saturated carbocycles. The fourth-order valence-corrected chi connectivity index (χ4v) is 5.26. The Hall–Kier alpha value is -4.22. The summed E-state index contributed by atoms with van der Waals surface area (Å²) in [7, 11) is 0. The van der Waals surface area contributed by atoms with Crippen molar-refractivity contribution in [3.8, 4) is 0 Å². The van der Waals surface area contributed by atoms with Crippen molar-refractivity contribution < 1.29 is 0 Å². The van der Waals surface area contributed by atoms with Crippen LogP contribution in [0.25, 0.3) is 15.7 Å². The molecule has 0 saturated heterocycles. The predicted octanol–water partition coefficient (Wildman–Crippen LogP) is 6.32. The maximum atomic E-state index is 4.96. The van der Waals surface area contributed by atoms with Crippen LogP contribution in [0.3, 0.4) is 0 Å². The number of aliphatic imine (C=N–C) groups is 4. The standard InChI is InChI=1S/C28H16N4S/c1-2-4-28-24(3-1)26(16-33-28)25-14-23-13-21-8-7-19(30-21)11-17-5-6-18(29-17)12-20-9-10-22(31-20)15-27(25)32-23/h1-16H. The molecule has 5 heteroatoms. The largest absolute Gasteiger partial charge is 0.249 e. The summed E-state index contributed by atoms with van der Waals surface area (Å²) in [6, 6.07) is 8.50. The maximum Gasteiger partial charge on any atom is 0.0738 e. The Labute approximate surface area is 194 Å².